The first-order valence-corrected chi connectivity index (χ1v) is 7.59. The van der Waals surface area contributed by atoms with Crippen LogP contribution >= 0.6 is 0 Å². The van der Waals surface area contributed by atoms with E-state index in [1.807, 2.05) is 20.0 Å². The molecule has 1 aliphatic heterocycles. The zero-order valence-corrected chi connectivity index (χ0v) is 13.0. The van der Waals surface area contributed by atoms with Gasteiger partial charge in [0.1, 0.15) is 0 Å². The summed E-state index contributed by atoms with van der Waals surface area (Å²) in [5.74, 6) is -0.102. The van der Waals surface area contributed by atoms with Crippen LogP contribution in [0, 0.1) is 13.8 Å². The second-order valence-corrected chi connectivity index (χ2v) is 5.66. The molecule has 6 heteroatoms. The van der Waals surface area contributed by atoms with Gasteiger partial charge in [0.15, 0.2) is 0 Å². The molecule has 2 aromatic rings. The normalized spacial score (nSPS) is 14.0. The molecular formula is C16H21N5O. The van der Waals surface area contributed by atoms with Crippen LogP contribution in [0.1, 0.15) is 38.4 Å². The number of aromatic nitrogens is 3. The monoisotopic (exact) mass is 299 g/mol. The van der Waals surface area contributed by atoms with Crippen molar-refractivity contribution in [1.82, 2.24) is 20.1 Å². The third-order valence-electron chi connectivity index (χ3n) is 4.27. The zero-order valence-electron chi connectivity index (χ0n) is 13.0. The molecule has 0 saturated carbocycles. The van der Waals surface area contributed by atoms with Crippen molar-refractivity contribution in [2.75, 3.05) is 13.1 Å². The van der Waals surface area contributed by atoms with E-state index in [0.717, 1.165) is 54.0 Å². The van der Waals surface area contributed by atoms with Gasteiger partial charge in [-0.25, -0.2) is 4.68 Å². The van der Waals surface area contributed by atoms with Crippen LogP contribution in [0.2, 0.25) is 0 Å². The van der Waals surface area contributed by atoms with Crippen LogP contribution in [-0.4, -0.2) is 33.8 Å². The second kappa shape index (κ2) is 5.98. The molecule has 3 N–H and O–H groups in total. The molecule has 0 bridgehead atoms. The Morgan fingerprint density at radius 1 is 1.41 bits per heavy atom. The van der Waals surface area contributed by atoms with Gasteiger partial charge >= 0.3 is 0 Å². The minimum atomic E-state index is -0.102. The number of carbonyl (C=O) groups is 1. The number of hydrogen-bond acceptors (Lipinski definition) is 5. The number of fused-ring (bicyclic) bond motifs is 1. The average Bonchev–Trinajstić information content (AvgIpc) is 2.82. The molecule has 2 aromatic heterocycles. The third kappa shape index (κ3) is 2.44. The number of carbonyl (C=O) groups excluding carboxylic acids is 1. The summed E-state index contributed by atoms with van der Waals surface area (Å²) in [6, 6.07) is 0. The van der Waals surface area contributed by atoms with E-state index in [2.05, 4.69) is 15.4 Å². The fourth-order valence-corrected chi connectivity index (χ4v) is 3.09. The highest BCUT2D eigenvalue weighted by atomic mass is 16.2. The lowest BCUT2D eigenvalue weighted by Gasteiger charge is -2.19. The van der Waals surface area contributed by atoms with Crippen LogP contribution in [0.4, 0.5) is 0 Å². The number of nitrogens with one attached hydrogen (secondary N) is 1. The van der Waals surface area contributed by atoms with Crippen molar-refractivity contribution in [2.45, 2.75) is 33.2 Å². The van der Waals surface area contributed by atoms with Crippen molar-refractivity contribution in [3.8, 4) is 0 Å². The predicted octanol–water partition coefficient (Wildman–Crippen LogP) is 0.730. The topological polar surface area (TPSA) is 85.8 Å². The van der Waals surface area contributed by atoms with Crippen molar-refractivity contribution in [3.05, 3.63) is 46.0 Å². The van der Waals surface area contributed by atoms with E-state index < -0.39 is 0 Å². The van der Waals surface area contributed by atoms with E-state index in [-0.39, 0.29) is 5.91 Å². The first kappa shape index (κ1) is 14.9. The van der Waals surface area contributed by atoms with Crippen LogP contribution in [0.25, 0.3) is 0 Å². The van der Waals surface area contributed by atoms with Crippen molar-refractivity contribution in [3.63, 3.8) is 0 Å². The molecular weight excluding hydrogens is 278 g/mol. The molecule has 3 rings (SSSR count). The van der Waals surface area contributed by atoms with Crippen LogP contribution in [0.5, 0.6) is 0 Å². The number of hydrogen-bond donors (Lipinski definition) is 2. The lowest BCUT2D eigenvalue weighted by atomic mass is 9.98. The van der Waals surface area contributed by atoms with Gasteiger partial charge in [0, 0.05) is 24.6 Å². The van der Waals surface area contributed by atoms with E-state index in [4.69, 9.17) is 5.73 Å². The van der Waals surface area contributed by atoms with Gasteiger partial charge in [-0.05, 0) is 56.5 Å². The summed E-state index contributed by atoms with van der Waals surface area (Å²) in [5, 5.41) is 7.72. The molecule has 0 unspecified atom stereocenters. The average molecular weight is 299 g/mol. The zero-order chi connectivity index (χ0) is 15.7. The van der Waals surface area contributed by atoms with E-state index in [9.17, 15) is 4.79 Å². The van der Waals surface area contributed by atoms with E-state index in [1.54, 1.807) is 6.20 Å². The summed E-state index contributed by atoms with van der Waals surface area (Å²) in [4.78, 5) is 17.1. The molecule has 0 spiro atoms. The highest BCUT2D eigenvalue weighted by molar-refractivity contribution is 5.97. The van der Waals surface area contributed by atoms with E-state index >= 15 is 0 Å². The Bertz CT molecular complexity index is 720. The van der Waals surface area contributed by atoms with Crippen molar-refractivity contribution in [2.24, 2.45) is 5.73 Å². The summed E-state index contributed by atoms with van der Waals surface area (Å²) in [6.07, 6.45) is 5.07. The van der Waals surface area contributed by atoms with Gasteiger partial charge in [0.05, 0.1) is 11.3 Å². The fourth-order valence-electron chi connectivity index (χ4n) is 3.09. The second-order valence-electron chi connectivity index (χ2n) is 5.66. The number of aryl methyl sites for hydroxylation is 1. The summed E-state index contributed by atoms with van der Waals surface area (Å²) >= 11 is 0. The first-order valence-electron chi connectivity index (χ1n) is 7.59. The summed E-state index contributed by atoms with van der Waals surface area (Å²) in [6.45, 7) is 6.04. The highest BCUT2D eigenvalue weighted by Crippen LogP contribution is 2.20. The van der Waals surface area contributed by atoms with Gasteiger partial charge in [-0.15, -0.1) is 0 Å². The van der Waals surface area contributed by atoms with Crippen molar-refractivity contribution >= 4 is 5.91 Å². The maximum Gasteiger partial charge on any atom is 0.280 e. The molecule has 0 amide bonds. The largest absolute Gasteiger partial charge is 0.330 e. The van der Waals surface area contributed by atoms with Gasteiger partial charge in [0.25, 0.3) is 5.91 Å². The fraction of sp³-hybridized carbons (Fsp3) is 0.438. The maximum atomic E-state index is 12.9. The number of rotatable bonds is 3. The van der Waals surface area contributed by atoms with Gasteiger partial charge in [0.2, 0.25) is 0 Å². The van der Waals surface area contributed by atoms with Crippen molar-refractivity contribution < 1.29 is 4.79 Å². The molecule has 0 radical (unpaired) electrons. The number of pyridine rings is 1. The molecule has 1 aliphatic rings. The Morgan fingerprint density at radius 3 is 3.00 bits per heavy atom. The molecule has 0 saturated heterocycles. The molecule has 22 heavy (non-hydrogen) atoms. The number of nitrogens with zero attached hydrogens (tertiary/aromatic N) is 3. The van der Waals surface area contributed by atoms with Crippen molar-refractivity contribution in [1.29, 1.82) is 0 Å². The van der Waals surface area contributed by atoms with Gasteiger partial charge in [-0.1, -0.05) is 0 Å². The minimum absolute atomic E-state index is 0.102. The van der Waals surface area contributed by atoms with Crippen LogP contribution in [-0.2, 0) is 19.4 Å². The lowest BCUT2D eigenvalue weighted by Crippen LogP contribution is -2.27. The quantitative estimate of drug-likeness (QED) is 0.872. The van der Waals surface area contributed by atoms with E-state index in [0.29, 0.717) is 12.1 Å². The smallest absolute Gasteiger partial charge is 0.280 e. The van der Waals surface area contributed by atoms with Crippen LogP contribution in [0.15, 0.2) is 12.4 Å². The SMILES string of the molecule is Cc1nn(C(=O)c2cncc3c2CCNC3)c(C)c1CCN. The molecule has 116 valence electrons. The van der Waals surface area contributed by atoms with Crippen LogP contribution < -0.4 is 11.1 Å². The predicted molar refractivity (Wildman–Crippen MR) is 83.8 cm³/mol. The molecule has 6 nitrogen and oxygen atoms in total. The van der Waals surface area contributed by atoms with Gasteiger partial charge in [-0.3, -0.25) is 9.78 Å². The molecule has 0 aromatic carbocycles. The van der Waals surface area contributed by atoms with Gasteiger partial charge in [-0.2, -0.15) is 5.10 Å². The third-order valence-corrected chi connectivity index (χ3v) is 4.27. The minimum Gasteiger partial charge on any atom is -0.330 e. The summed E-state index contributed by atoms with van der Waals surface area (Å²) < 4.78 is 1.50. The van der Waals surface area contributed by atoms with Crippen LogP contribution in [0.3, 0.4) is 0 Å². The molecule has 0 atom stereocenters. The summed E-state index contributed by atoms with van der Waals surface area (Å²) in [5.41, 5.74) is 11.3. The Balaban J connectivity index is 2.04. The molecule has 0 fully saturated rings. The highest BCUT2D eigenvalue weighted by Gasteiger charge is 2.22. The van der Waals surface area contributed by atoms with E-state index in [1.165, 1.54) is 4.68 Å². The Labute approximate surface area is 129 Å². The molecule has 0 aliphatic carbocycles. The Kier molecular flexibility index (Phi) is 4.04. The number of nitrogens with two attached hydrogens (primary N) is 1. The standard InChI is InChI=1S/C16H21N5O/c1-10-13(3-5-17)11(2)21(20-10)16(22)15-9-19-8-12-7-18-6-4-14(12)15/h8-9,18H,3-7,17H2,1-2H3. The Morgan fingerprint density at radius 2 is 2.23 bits per heavy atom. The lowest BCUT2D eigenvalue weighted by molar-refractivity contribution is 0.0940. The summed E-state index contributed by atoms with van der Waals surface area (Å²) in [7, 11) is 0. The maximum absolute atomic E-state index is 12.9. The Hall–Kier alpha value is -2.05. The molecule has 3 heterocycles. The first-order chi connectivity index (χ1) is 10.6. The van der Waals surface area contributed by atoms with Gasteiger partial charge < -0.3 is 11.1 Å².